The van der Waals surface area contributed by atoms with Crippen LogP contribution < -0.4 is 10.9 Å². The van der Waals surface area contributed by atoms with Crippen molar-refractivity contribution >= 4 is 23.3 Å². The van der Waals surface area contributed by atoms with Gasteiger partial charge in [-0.3, -0.25) is 4.79 Å². The summed E-state index contributed by atoms with van der Waals surface area (Å²) in [5.41, 5.74) is -0.302. The van der Waals surface area contributed by atoms with Crippen LogP contribution in [-0.4, -0.2) is 10.9 Å². The fourth-order valence-electron chi connectivity index (χ4n) is 1.14. The molecule has 0 aliphatic rings. The van der Waals surface area contributed by atoms with Gasteiger partial charge in [-0.1, -0.05) is 11.6 Å². The highest BCUT2D eigenvalue weighted by atomic mass is 35.5. The van der Waals surface area contributed by atoms with Crippen molar-refractivity contribution in [1.29, 1.82) is 0 Å². The van der Waals surface area contributed by atoms with E-state index in [1.165, 1.54) is 12.3 Å². The summed E-state index contributed by atoms with van der Waals surface area (Å²) in [7, 11) is 0. The number of carbonyl (C=O) groups excluding carboxylic acids is 1. The zero-order valence-electron chi connectivity index (χ0n) is 8.51. The van der Waals surface area contributed by atoms with Crippen molar-refractivity contribution in [3.05, 3.63) is 57.7 Å². The minimum Gasteiger partial charge on any atom is -0.430 e. The molecule has 2 heterocycles. The summed E-state index contributed by atoms with van der Waals surface area (Å²) in [6.07, 6.45) is 2.58. The van der Waals surface area contributed by atoms with Crippen LogP contribution in [0.15, 0.2) is 45.9 Å². The number of rotatable bonds is 2. The molecule has 5 nitrogen and oxygen atoms in total. The molecule has 0 saturated carbocycles. The molecule has 2 aromatic heterocycles. The Bertz CT molecular complexity index is 589. The van der Waals surface area contributed by atoms with Crippen molar-refractivity contribution in [2.24, 2.45) is 0 Å². The monoisotopic (exact) mass is 250 g/mol. The van der Waals surface area contributed by atoms with Gasteiger partial charge in [-0.15, -0.1) is 0 Å². The van der Waals surface area contributed by atoms with E-state index in [2.05, 4.69) is 14.7 Å². The Morgan fingerprint density at radius 2 is 2.18 bits per heavy atom. The highest BCUT2D eigenvalue weighted by molar-refractivity contribution is 6.33. The van der Waals surface area contributed by atoms with Crippen molar-refractivity contribution in [3.8, 4) is 0 Å². The fraction of sp³-hybridized carbons (Fsp3) is 0. The average molecular weight is 251 g/mol. The molecule has 0 fully saturated rings. The van der Waals surface area contributed by atoms with Crippen LogP contribution in [0.2, 0.25) is 5.02 Å². The van der Waals surface area contributed by atoms with Gasteiger partial charge in [-0.2, -0.15) is 0 Å². The van der Waals surface area contributed by atoms with Crippen LogP contribution in [0.5, 0.6) is 0 Å². The summed E-state index contributed by atoms with van der Waals surface area (Å²) >= 11 is 5.83. The van der Waals surface area contributed by atoms with Gasteiger partial charge in [0.2, 0.25) is 0 Å². The molecule has 0 saturated heterocycles. The number of nitrogens with one attached hydrogen (secondary N) is 1. The normalized spacial score (nSPS) is 9.94. The van der Waals surface area contributed by atoms with E-state index in [1.54, 1.807) is 12.1 Å². The Morgan fingerprint density at radius 1 is 1.35 bits per heavy atom. The summed E-state index contributed by atoms with van der Waals surface area (Å²) in [4.78, 5) is 26.3. The van der Waals surface area contributed by atoms with Crippen LogP contribution in [-0.2, 0) is 0 Å². The molecule has 0 aliphatic carbocycles. The lowest BCUT2D eigenvalue weighted by atomic mass is 10.3. The zero-order valence-corrected chi connectivity index (χ0v) is 9.27. The van der Waals surface area contributed by atoms with Crippen LogP contribution in [0.4, 0.5) is 5.82 Å². The van der Waals surface area contributed by atoms with Gasteiger partial charge in [0.15, 0.2) is 5.82 Å². The number of aromatic nitrogens is 1. The predicted octanol–water partition coefficient (Wildman–Crippen LogP) is 1.94. The number of halogens is 1. The summed E-state index contributed by atoms with van der Waals surface area (Å²) in [5.74, 6) is -0.195. The SMILES string of the molecule is O=C(Nc1ncccc1Cl)c1ccc(=O)oc1. The molecule has 0 unspecified atom stereocenters. The van der Waals surface area contributed by atoms with Gasteiger partial charge < -0.3 is 9.73 Å². The molecule has 0 radical (unpaired) electrons. The second-order valence-electron chi connectivity index (χ2n) is 3.13. The molecule has 0 aromatic carbocycles. The topological polar surface area (TPSA) is 72.2 Å². The van der Waals surface area contributed by atoms with E-state index in [4.69, 9.17) is 11.6 Å². The van der Waals surface area contributed by atoms with Gasteiger partial charge in [-0.25, -0.2) is 9.78 Å². The molecule has 0 atom stereocenters. The smallest absolute Gasteiger partial charge is 0.335 e. The molecule has 2 aromatic rings. The molecular formula is C11H7ClN2O3. The standard InChI is InChI=1S/C11H7ClN2O3/c12-8-2-1-5-13-10(8)14-11(16)7-3-4-9(15)17-6-7/h1-6H,(H,13,14,16). The van der Waals surface area contributed by atoms with E-state index >= 15 is 0 Å². The van der Waals surface area contributed by atoms with E-state index < -0.39 is 11.5 Å². The minimum atomic E-state index is -0.516. The molecule has 17 heavy (non-hydrogen) atoms. The molecule has 6 heteroatoms. The van der Waals surface area contributed by atoms with Gasteiger partial charge in [-0.05, 0) is 18.2 Å². The fourth-order valence-corrected chi connectivity index (χ4v) is 1.31. The maximum atomic E-state index is 11.7. The predicted molar refractivity (Wildman–Crippen MR) is 62.2 cm³/mol. The number of amides is 1. The van der Waals surface area contributed by atoms with E-state index in [0.717, 1.165) is 12.3 Å². The lowest BCUT2D eigenvalue weighted by Gasteiger charge is -2.04. The third kappa shape index (κ3) is 2.70. The first-order valence-electron chi connectivity index (χ1n) is 4.67. The number of anilines is 1. The Balaban J connectivity index is 2.20. The lowest BCUT2D eigenvalue weighted by Crippen LogP contribution is -2.14. The minimum absolute atomic E-state index is 0.214. The Kier molecular flexibility index (Phi) is 3.20. The molecular weight excluding hydrogens is 244 g/mol. The largest absolute Gasteiger partial charge is 0.430 e. The quantitative estimate of drug-likeness (QED) is 0.884. The second kappa shape index (κ2) is 4.80. The number of hydrogen-bond acceptors (Lipinski definition) is 4. The Labute approximate surface area is 101 Å². The van der Waals surface area contributed by atoms with Crippen molar-refractivity contribution in [2.75, 3.05) is 5.32 Å². The Hall–Kier alpha value is -2.14. The first kappa shape index (κ1) is 11.3. The van der Waals surface area contributed by atoms with Crippen LogP contribution in [0.3, 0.4) is 0 Å². The lowest BCUT2D eigenvalue weighted by molar-refractivity contribution is 0.102. The highest BCUT2D eigenvalue weighted by Crippen LogP contribution is 2.17. The van der Waals surface area contributed by atoms with Gasteiger partial charge >= 0.3 is 5.63 Å². The second-order valence-corrected chi connectivity index (χ2v) is 3.54. The average Bonchev–Trinajstić information content (AvgIpc) is 2.33. The molecule has 1 N–H and O–H groups in total. The van der Waals surface area contributed by atoms with Crippen LogP contribution in [0, 0.1) is 0 Å². The maximum Gasteiger partial charge on any atom is 0.335 e. The van der Waals surface area contributed by atoms with E-state index in [0.29, 0.717) is 5.02 Å². The van der Waals surface area contributed by atoms with Crippen molar-refractivity contribution in [2.45, 2.75) is 0 Å². The van der Waals surface area contributed by atoms with Crippen molar-refractivity contribution in [1.82, 2.24) is 4.98 Å². The third-order valence-electron chi connectivity index (χ3n) is 1.95. The van der Waals surface area contributed by atoms with Crippen LogP contribution in [0.1, 0.15) is 10.4 Å². The molecule has 2 rings (SSSR count). The summed E-state index contributed by atoms with van der Waals surface area (Å²) < 4.78 is 4.58. The number of carbonyl (C=O) groups is 1. The van der Waals surface area contributed by atoms with Gasteiger partial charge in [0.25, 0.3) is 5.91 Å². The third-order valence-corrected chi connectivity index (χ3v) is 2.26. The number of hydrogen-bond donors (Lipinski definition) is 1. The highest BCUT2D eigenvalue weighted by Gasteiger charge is 2.09. The van der Waals surface area contributed by atoms with Gasteiger partial charge in [0.05, 0.1) is 10.6 Å². The summed E-state index contributed by atoms with van der Waals surface area (Å²) in [5, 5.41) is 2.83. The number of nitrogens with zero attached hydrogens (tertiary/aromatic N) is 1. The number of pyridine rings is 1. The van der Waals surface area contributed by atoms with Crippen LogP contribution in [0.25, 0.3) is 0 Å². The van der Waals surface area contributed by atoms with E-state index in [1.807, 2.05) is 0 Å². The summed E-state index contributed by atoms with van der Waals surface area (Å²) in [6.45, 7) is 0. The Morgan fingerprint density at radius 3 is 2.82 bits per heavy atom. The molecule has 0 aliphatic heterocycles. The first-order valence-corrected chi connectivity index (χ1v) is 5.05. The molecule has 0 spiro atoms. The van der Waals surface area contributed by atoms with E-state index in [9.17, 15) is 9.59 Å². The molecule has 86 valence electrons. The van der Waals surface area contributed by atoms with Gasteiger partial charge in [0, 0.05) is 12.3 Å². The van der Waals surface area contributed by atoms with E-state index in [-0.39, 0.29) is 11.4 Å². The van der Waals surface area contributed by atoms with Crippen molar-refractivity contribution in [3.63, 3.8) is 0 Å². The zero-order chi connectivity index (χ0) is 12.3. The van der Waals surface area contributed by atoms with Crippen molar-refractivity contribution < 1.29 is 9.21 Å². The van der Waals surface area contributed by atoms with Crippen LogP contribution >= 0.6 is 11.6 Å². The first-order chi connectivity index (χ1) is 8.16. The molecule has 1 amide bonds. The summed E-state index contributed by atoms with van der Waals surface area (Å²) in [6, 6.07) is 5.78. The maximum absolute atomic E-state index is 11.7. The van der Waals surface area contributed by atoms with Gasteiger partial charge in [0.1, 0.15) is 6.26 Å². The molecule has 0 bridgehead atoms.